The van der Waals surface area contributed by atoms with Gasteiger partial charge in [0.15, 0.2) is 5.75 Å². The normalized spacial score (nSPS) is 16.9. The summed E-state index contributed by atoms with van der Waals surface area (Å²) in [7, 11) is 1.56. The van der Waals surface area contributed by atoms with Crippen LogP contribution in [0.25, 0.3) is 10.9 Å². The summed E-state index contributed by atoms with van der Waals surface area (Å²) in [5.41, 5.74) is 1.26. The van der Waals surface area contributed by atoms with E-state index in [1.807, 2.05) is 31.2 Å². The average molecular weight is 387 g/mol. The molecule has 140 valence electrons. The molecule has 1 fully saturated rings. The standard InChI is InChI=1S/C19H19ClN4O3/c1-11-7-8-24(18(11)25)14-6-5-13-15(16(14)26-2)22-19(20)23-17(13)21-10-12-4-3-9-27-12/h3-6,9,11H,7-8,10H2,1-2H3,(H,21,22,23)/t11-/m0/s1. The van der Waals surface area contributed by atoms with Crippen molar-refractivity contribution in [3.8, 4) is 5.75 Å². The zero-order chi connectivity index (χ0) is 19.0. The van der Waals surface area contributed by atoms with Crippen molar-refractivity contribution >= 4 is 39.9 Å². The molecule has 0 spiro atoms. The number of nitrogens with one attached hydrogen (secondary N) is 1. The van der Waals surface area contributed by atoms with E-state index in [1.54, 1.807) is 18.3 Å². The first-order valence-electron chi connectivity index (χ1n) is 8.70. The summed E-state index contributed by atoms with van der Waals surface area (Å²) in [5.74, 6) is 1.96. The number of aromatic nitrogens is 2. The number of ether oxygens (including phenoxy) is 1. The topological polar surface area (TPSA) is 80.5 Å². The number of amides is 1. The summed E-state index contributed by atoms with van der Waals surface area (Å²) >= 11 is 6.16. The van der Waals surface area contributed by atoms with Gasteiger partial charge in [0, 0.05) is 17.8 Å². The van der Waals surface area contributed by atoms with Crippen LogP contribution < -0.4 is 15.0 Å². The van der Waals surface area contributed by atoms with E-state index in [2.05, 4.69) is 15.3 Å². The molecule has 0 unspecified atom stereocenters. The molecule has 0 bridgehead atoms. The molecule has 27 heavy (non-hydrogen) atoms. The number of hydrogen-bond acceptors (Lipinski definition) is 6. The number of carbonyl (C=O) groups is 1. The van der Waals surface area contributed by atoms with Crippen LogP contribution in [0.15, 0.2) is 34.9 Å². The van der Waals surface area contributed by atoms with Crippen LogP contribution in [0.3, 0.4) is 0 Å². The second kappa shape index (κ2) is 7.08. The Morgan fingerprint density at radius 2 is 2.22 bits per heavy atom. The van der Waals surface area contributed by atoms with Gasteiger partial charge in [-0.25, -0.2) is 9.97 Å². The number of benzene rings is 1. The monoisotopic (exact) mass is 386 g/mol. The maximum Gasteiger partial charge on any atom is 0.229 e. The lowest BCUT2D eigenvalue weighted by atomic mass is 10.1. The maximum atomic E-state index is 12.5. The molecule has 3 aromatic rings. The van der Waals surface area contributed by atoms with E-state index in [0.717, 1.165) is 17.6 Å². The van der Waals surface area contributed by atoms with E-state index in [1.165, 1.54) is 0 Å². The predicted octanol–water partition coefficient (Wildman–Crippen LogP) is 3.87. The van der Waals surface area contributed by atoms with Crippen LogP contribution in [0.1, 0.15) is 19.1 Å². The summed E-state index contributed by atoms with van der Waals surface area (Å²) in [6, 6.07) is 7.44. The van der Waals surface area contributed by atoms with Gasteiger partial charge < -0.3 is 19.4 Å². The average Bonchev–Trinajstić information content (AvgIpc) is 3.29. The zero-order valence-electron chi connectivity index (χ0n) is 15.0. The molecule has 1 saturated heterocycles. The lowest BCUT2D eigenvalue weighted by Gasteiger charge is -2.21. The van der Waals surface area contributed by atoms with E-state index >= 15 is 0 Å². The number of hydrogen-bond donors (Lipinski definition) is 1. The first kappa shape index (κ1) is 17.6. The van der Waals surface area contributed by atoms with Crippen molar-refractivity contribution in [1.82, 2.24) is 9.97 Å². The first-order valence-corrected chi connectivity index (χ1v) is 9.08. The van der Waals surface area contributed by atoms with Crippen molar-refractivity contribution in [3.05, 3.63) is 41.6 Å². The van der Waals surface area contributed by atoms with Crippen LogP contribution in [0.4, 0.5) is 11.5 Å². The molecule has 0 aliphatic carbocycles. The van der Waals surface area contributed by atoms with Crippen molar-refractivity contribution in [3.63, 3.8) is 0 Å². The Labute approximate surface area is 161 Å². The molecule has 1 aliphatic heterocycles. The molecule has 0 saturated carbocycles. The van der Waals surface area contributed by atoms with Crippen LogP contribution in [0, 0.1) is 5.92 Å². The molecule has 1 amide bonds. The van der Waals surface area contributed by atoms with Gasteiger partial charge in [-0.3, -0.25) is 4.79 Å². The largest absolute Gasteiger partial charge is 0.492 e. The van der Waals surface area contributed by atoms with Gasteiger partial charge in [-0.15, -0.1) is 0 Å². The third-order valence-corrected chi connectivity index (χ3v) is 4.92. The molecule has 1 aromatic carbocycles. The van der Waals surface area contributed by atoms with E-state index < -0.39 is 0 Å². The Morgan fingerprint density at radius 3 is 2.89 bits per heavy atom. The second-order valence-corrected chi connectivity index (χ2v) is 6.81. The van der Waals surface area contributed by atoms with Crippen molar-refractivity contribution in [2.24, 2.45) is 5.92 Å². The molecule has 3 heterocycles. The highest BCUT2D eigenvalue weighted by molar-refractivity contribution is 6.29. The third-order valence-electron chi connectivity index (χ3n) is 4.75. The number of furan rings is 1. The van der Waals surface area contributed by atoms with E-state index in [4.69, 9.17) is 20.8 Å². The maximum absolute atomic E-state index is 12.5. The molecule has 0 radical (unpaired) electrons. The zero-order valence-corrected chi connectivity index (χ0v) is 15.8. The molecule has 1 N–H and O–H groups in total. The highest BCUT2D eigenvalue weighted by Gasteiger charge is 2.31. The molecule has 4 rings (SSSR count). The van der Waals surface area contributed by atoms with Crippen LogP contribution in [-0.4, -0.2) is 29.5 Å². The number of rotatable bonds is 5. The number of fused-ring (bicyclic) bond motifs is 1. The highest BCUT2D eigenvalue weighted by atomic mass is 35.5. The Balaban J connectivity index is 1.77. The lowest BCUT2D eigenvalue weighted by molar-refractivity contribution is -0.119. The fourth-order valence-electron chi connectivity index (χ4n) is 3.33. The lowest BCUT2D eigenvalue weighted by Crippen LogP contribution is -2.26. The minimum Gasteiger partial charge on any atom is -0.492 e. The number of carbonyl (C=O) groups excluding carboxylic acids is 1. The fraction of sp³-hybridized carbons (Fsp3) is 0.316. The molecule has 8 heteroatoms. The van der Waals surface area contributed by atoms with Crippen LogP contribution in [0.5, 0.6) is 5.75 Å². The third kappa shape index (κ3) is 3.19. The second-order valence-electron chi connectivity index (χ2n) is 6.47. The summed E-state index contributed by atoms with van der Waals surface area (Å²) in [6.45, 7) is 3.05. The molecular weight excluding hydrogens is 368 g/mol. The number of methoxy groups -OCH3 is 1. The Kier molecular flexibility index (Phi) is 4.61. The Hall–Kier alpha value is -2.80. The first-order chi connectivity index (χ1) is 13.1. The van der Waals surface area contributed by atoms with Crippen LogP contribution in [-0.2, 0) is 11.3 Å². The molecule has 2 aromatic heterocycles. The van der Waals surface area contributed by atoms with Gasteiger partial charge >= 0.3 is 0 Å². The fourth-order valence-corrected chi connectivity index (χ4v) is 3.50. The van der Waals surface area contributed by atoms with Crippen LogP contribution in [0.2, 0.25) is 5.28 Å². The summed E-state index contributed by atoms with van der Waals surface area (Å²) in [4.78, 5) is 22.9. The van der Waals surface area contributed by atoms with Gasteiger partial charge in [-0.1, -0.05) is 6.92 Å². The minimum atomic E-state index is 0.00455. The van der Waals surface area contributed by atoms with Crippen molar-refractivity contribution < 1.29 is 13.9 Å². The smallest absolute Gasteiger partial charge is 0.229 e. The van der Waals surface area contributed by atoms with Gasteiger partial charge in [-0.05, 0) is 42.3 Å². The van der Waals surface area contributed by atoms with Gasteiger partial charge in [-0.2, -0.15) is 0 Å². The molecule has 1 aliphatic rings. The number of nitrogens with zero attached hydrogens (tertiary/aromatic N) is 3. The quantitative estimate of drug-likeness (QED) is 0.670. The molecular formula is C19H19ClN4O3. The van der Waals surface area contributed by atoms with Gasteiger partial charge in [0.1, 0.15) is 17.1 Å². The minimum absolute atomic E-state index is 0.00455. The van der Waals surface area contributed by atoms with Crippen LogP contribution >= 0.6 is 11.6 Å². The summed E-state index contributed by atoms with van der Waals surface area (Å²) in [6.07, 6.45) is 2.44. The van der Waals surface area contributed by atoms with Crippen molar-refractivity contribution in [2.75, 3.05) is 23.9 Å². The molecule has 1 atom stereocenters. The van der Waals surface area contributed by atoms with E-state index in [9.17, 15) is 4.79 Å². The van der Waals surface area contributed by atoms with Gasteiger partial charge in [0.2, 0.25) is 11.2 Å². The van der Waals surface area contributed by atoms with Gasteiger partial charge in [0.25, 0.3) is 0 Å². The Bertz CT molecular complexity index is 990. The van der Waals surface area contributed by atoms with Crippen molar-refractivity contribution in [1.29, 1.82) is 0 Å². The Morgan fingerprint density at radius 1 is 1.37 bits per heavy atom. The number of halogens is 1. The van der Waals surface area contributed by atoms with E-state index in [-0.39, 0.29) is 17.1 Å². The SMILES string of the molecule is COc1c(N2CC[C@H](C)C2=O)ccc2c(NCc3ccco3)nc(Cl)nc12. The molecule has 7 nitrogen and oxygen atoms in total. The van der Waals surface area contributed by atoms with Gasteiger partial charge in [0.05, 0.1) is 25.6 Å². The predicted molar refractivity (Wildman–Crippen MR) is 103 cm³/mol. The van der Waals surface area contributed by atoms with Crippen molar-refractivity contribution in [2.45, 2.75) is 19.9 Å². The summed E-state index contributed by atoms with van der Waals surface area (Å²) < 4.78 is 11.0. The summed E-state index contributed by atoms with van der Waals surface area (Å²) in [5, 5.41) is 4.08. The highest BCUT2D eigenvalue weighted by Crippen LogP contribution is 2.40. The van der Waals surface area contributed by atoms with E-state index in [0.29, 0.717) is 35.9 Å². The number of anilines is 2.